The monoisotopic (exact) mass is 208 g/mol. The highest BCUT2D eigenvalue weighted by Crippen LogP contribution is 2.28. The molecule has 1 aliphatic rings. The van der Waals surface area contributed by atoms with E-state index in [4.69, 9.17) is 15.2 Å². The minimum Gasteiger partial charge on any atom is -0.475 e. The summed E-state index contributed by atoms with van der Waals surface area (Å²) >= 11 is 0. The van der Waals surface area contributed by atoms with Crippen molar-refractivity contribution < 1.29 is 9.47 Å². The molecule has 4 heteroatoms. The van der Waals surface area contributed by atoms with Gasteiger partial charge in [-0.15, -0.1) is 0 Å². The van der Waals surface area contributed by atoms with Crippen LogP contribution in [0.3, 0.4) is 0 Å². The van der Waals surface area contributed by atoms with Crippen molar-refractivity contribution in [2.75, 3.05) is 25.6 Å². The van der Waals surface area contributed by atoms with Crippen molar-refractivity contribution in [3.63, 3.8) is 0 Å². The molecule has 2 N–H and O–H groups in total. The molecule has 2 rings (SSSR count). The van der Waals surface area contributed by atoms with Crippen LogP contribution in [0.25, 0.3) is 0 Å². The third-order valence-corrected chi connectivity index (χ3v) is 2.47. The predicted molar refractivity (Wildman–Crippen MR) is 57.8 cm³/mol. The number of pyridine rings is 1. The first-order valence-electron chi connectivity index (χ1n) is 5.02. The van der Waals surface area contributed by atoms with Crippen LogP contribution in [0.5, 0.6) is 5.88 Å². The van der Waals surface area contributed by atoms with Crippen LogP contribution in [0.2, 0.25) is 0 Å². The maximum absolute atomic E-state index is 5.79. The average molecular weight is 208 g/mol. The van der Waals surface area contributed by atoms with Crippen molar-refractivity contribution in [3.05, 3.63) is 17.8 Å². The molecule has 1 saturated heterocycles. The van der Waals surface area contributed by atoms with E-state index in [1.54, 1.807) is 6.20 Å². The molecule has 15 heavy (non-hydrogen) atoms. The third kappa shape index (κ3) is 2.21. The molecule has 82 valence electrons. The van der Waals surface area contributed by atoms with Gasteiger partial charge in [-0.2, -0.15) is 0 Å². The Bertz CT molecular complexity index is 362. The summed E-state index contributed by atoms with van der Waals surface area (Å²) in [4.78, 5) is 4.15. The predicted octanol–water partition coefficient (Wildman–Crippen LogP) is 1.39. The molecule has 1 aromatic heterocycles. The van der Waals surface area contributed by atoms with Crippen molar-refractivity contribution in [2.45, 2.75) is 13.8 Å². The summed E-state index contributed by atoms with van der Waals surface area (Å²) in [6, 6.07) is 1.86. The Labute approximate surface area is 89.4 Å². The molecule has 0 aliphatic carbocycles. The Morgan fingerprint density at radius 3 is 2.87 bits per heavy atom. The molecule has 1 aliphatic heterocycles. The summed E-state index contributed by atoms with van der Waals surface area (Å²) in [6.07, 6.45) is 1.76. The Morgan fingerprint density at radius 2 is 2.33 bits per heavy atom. The highest BCUT2D eigenvalue weighted by Gasteiger charge is 2.34. The standard InChI is InChI=1S/C11H16N2O2/c1-8-3-9(12)10(13-4-8)15-7-11(2)5-14-6-11/h3-4H,5-7,12H2,1-2H3. The molecule has 0 unspecified atom stereocenters. The van der Waals surface area contributed by atoms with E-state index in [0.29, 0.717) is 18.2 Å². The Kier molecular flexibility index (Phi) is 2.52. The normalized spacial score (nSPS) is 18.3. The lowest BCUT2D eigenvalue weighted by atomic mass is 9.90. The number of aromatic nitrogens is 1. The van der Waals surface area contributed by atoms with Crippen LogP contribution < -0.4 is 10.5 Å². The number of hydrogen-bond donors (Lipinski definition) is 1. The SMILES string of the molecule is Cc1cnc(OCC2(C)COC2)c(N)c1. The Balaban J connectivity index is 1.98. The summed E-state index contributed by atoms with van der Waals surface area (Å²) in [5.74, 6) is 0.522. The highest BCUT2D eigenvalue weighted by atomic mass is 16.5. The van der Waals surface area contributed by atoms with E-state index in [1.165, 1.54) is 0 Å². The molecular formula is C11H16N2O2. The van der Waals surface area contributed by atoms with Crippen molar-refractivity contribution in [2.24, 2.45) is 5.41 Å². The van der Waals surface area contributed by atoms with Crippen LogP contribution in [-0.4, -0.2) is 24.8 Å². The van der Waals surface area contributed by atoms with Gasteiger partial charge in [0.15, 0.2) is 0 Å². The zero-order valence-electron chi connectivity index (χ0n) is 9.12. The minimum absolute atomic E-state index is 0.124. The van der Waals surface area contributed by atoms with Gasteiger partial charge >= 0.3 is 0 Å². The smallest absolute Gasteiger partial charge is 0.237 e. The van der Waals surface area contributed by atoms with Crippen molar-refractivity contribution in [1.29, 1.82) is 0 Å². The van der Waals surface area contributed by atoms with Gasteiger partial charge in [-0.3, -0.25) is 0 Å². The zero-order chi connectivity index (χ0) is 10.9. The minimum atomic E-state index is 0.124. The van der Waals surface area contributed by atoms with Crippen LogP contribution in [-0.2, 0) is 4.74 Å². The van der Waals surface area contributed by atoms with Crippen molar-refractivity contribution in [3.8, 4) is 5.88 Å². The number of hydrogen-bond acceptors (Lipinski definition) is 4. The maximum Gasteiger partial charge on any atom is 0.237 e. The number of ether oxygens (including phenoxy) is 2. The second-order valence-corrected chi connectivity index (χ2v) is 4.50. The van der Waals surface area contributed by atoms with Crippen LogP contribution in [0, 0.1) is 12.3 Å². The summed E-state index contributed by atoms with van der Waals surface area (Å²) in [6.45, 7) is 6.18. The first-order valence-corrected chi connectivity index (χ1v) is 5.02. The molecule has 0 atom stereocenters. The number of anilines is 1. The van der Waals surface area contributed by atoms with Gasteiger partial charge < -0.3 is 15.2 Å². The van der Waals surface area contributed by atoms with E-state index in [1.807, 2.05) is 13.0 Å². The number of nitrogens with two attached hydrogens (primary N) is 1. The van der Waals surface area contributed by atoms with E-state index in [2.05, 4.69) is 11.9 Å². The van der Waals surface area contributed by atoms with Crippen LogP contribution in [0.1, 0.15) is 12.5 Å². The van der Waals surface area contributed by atoms with Gasteiger partial charge in [0.2, 0.25) is 5.88 Å². The van der Waals surface area contributed by atoms with E-state index in [-0.39, 0.29) is 5.41 Å². The Morgan fingerprint density at radius 1 is 1.60 bits per heavy atom. The quantitative estimate of drug-likeness (QED) is 0.815. The third-order valence-electron chi connectivity index (χ3n) is 2.47. The second kappa shape index (κ2) is 3.70. The molecule has 0 saturated carbocycles. The van der Waals surface area contributed by atoms with Gasteiger partial charge in [0.25, 0.3) is 0 Å². The molecule has 4 nitrogen and oxygen atoms in total. The van der Waals surface area contributed by atoms with Gasteiger partial charge in [0.05, 0.1) is 25.5 Å². The van der Waals surface area contributed by atoms with Crippen LogP contribution in [0.4, 0.5) is 5.69 Å². The van der Waals surface area contributed by atoms with Crippen LogP contribution >= 0.6 is 0 Å². The van der Waals surface area contributed by atoms with Gasteiger partial charge in [0, 0.05) is 11.6 Å². The van der Waals surface area contributed by atoms with Crippen molar-refractivity contribution in [1.82, 2.24) is 4.98 Å². The van der Waals surface area contributed by atoms with E-state index in [0.717, 1.165) is 18.8 Å². The number of nitrogens with zero attached hydrogens (tertiary/aromatic N) is 1. The summed E-state index contributed by atoms with van der Waals surface area (Å²) in [5.41, 5.74) is 7.55. The van der Waals surface area contributed by atoms with Gasteiger partial charge in [-0.1, -0.05) is 6.92 Å². The molecule has 0 aromatic carbocycles. The van der Waals surface area contributed by atoms with E-state index < -0.39 is 0 Å². The van der Waals surface area contributed by atoms with Crippen LogP contribution in [0.15, 0.2) is 12.3 Å². The average Bonchev–Trinajstić information content (AvgIpc) is 2.14. The fourth-order valence-electron chi connectivity index (χ4n) is 1.48. The molecule has 0 bridgehead atoms. The number of nitrogen functional groups attached to an aromatic ring is 1. The lowest BCUT2D eigenvalue weighted by molar-refractivity contribution is -0.120. The maximum atomic E-state index is 5.79. The number of rotatable bonds is 3. The highest BCUT2D eigenvalue weighted by molar-refractivity contribution is 5.49. The topological polar surface area (TPSA) is 57.4 Å². The van der Waals surface area contributed by atoms with E-state index in [9.17, 15) is 0 Å². The number of aryl methyl sites for hydroxylation is 1. The Hall–Kier alpha value is -1.29. The zero-order valence-corrected chi connectivity index (χ0v) is 9.12. The summed E-state index contributed by atoms with van der Waals surface area (Å²) < 4.78 is 10.7. The van der Waals surface area contributed by atoms with Gasteiger partial charge in [-0.05, 0) is 18.6 Å². The van der Waals surface area contributed by atoms with Gasteiger partial charge in [0.1, 0.15) is 0 Å². The molecule has 2 heterocycles. The lowest BCUT2D eigenvalue weighted by Gasteiger charge is -2.37. The molecule has 0 radical (unpaired) electrons. The second-order valence-electron chi connectivity index (χ2n) is 4.50. The van der Waals surface area contributed by atoms with Gasteiger partial charge in [-0.25, -0.2) is 4.98 Å². The van der Waals surface area contributed by atoms with E-state index >= 15 is 0 Å². The first-order chi connectivity index (χ1) is 7.09. The molecule has 0 amide bonds. The summed E-state index contributed by atoms with van der Waals surface area (Å²) in [5, 5.41) is 0. The molecule has 0 spiro atoms. The largest absolute Gasteiger partial charge is 0.475 e. The lowest BCUT2D eigenvalue weighted by Crippen LogP contribution is -2.44. The van der Waals surface area contributed by atoms with Crippen molar-refractivity contribution >= 4 is 5.69 Å². The molecular weight excluding hydrogens is 192 g/mol. The molecule has 1 aromatic rings. The first kappa shape index (κ1) is 10.2. The molecule has 1 fully saturated rings. The fraction of sp³-hybridized carbons (Fsp3) is 0.545. The summed E-state index contributed by atoms with van der Waals surface area (Å²) in [7, 11) is 0. The fourth-order valence-corrected chi connectivity index (χ4v) is 1.48.